The third-order valence-electron chi connectivity index (χ3n) is 6.61. The molecule has 1 heterocycles. The van der Waals surface area contributed by atoms with Gasteiger partial charge < -0.3 is 5.32 Å². The maximum Gasteiger partial charge on any atom is 0.264 e. The van der Waals surface area contributed by atoms with E-state index in [0.717, 1.165) is 29.8 Å². The van der Waals surface area contributed by atoms with Crippen LogP contribution in [0.2, 0.25) is 0 Å². The van der Waals surface area contributed by atoms with Crippen molar-refractivity contribution >= 4 is 21.8 Å². The largest absolute Gasteiger partial charge is 0.355 e. The molecule has 0 unspecified atom stereocenters. The van der Waals surface area contributed by atoms with E-state index in [-0.39, 0.29) is 16.4 Å². The van der Waals surface area contributed by atoms with Crippen molar-refractivity contribution < 1.29 is 18.0 Å². The fourth-order valence-electron chi connectivity index (χ4n) is 4.57. The van der Waals surface area contributed by atoms with Crippen LogP contribution in [0, 0.1) is 0 Å². The van der Waals surface area contributed by atoms with Gasteiger partial charge in [0.25, 0.3) is 21.8 Å². The predicted octanol–water partition coefficient (Wildman–Crippen LogP) is 4.59. The van der Waals surface area contributed by atoms with Gasteiger partial charge in [-0.1, -0.05) is 60.7 Å². The van der Waals surface area contributed by atoms with Crippen LogP contribution in [-0.4, -0.2) is 37.1 Å². The maximum atomic E-state index is 13.2. The van der Waals surface area contributed by atoms with Gasteiger partial charge in [-0.3, -0.25) is 14.3 Å². The van der Waals surface area contributed by atoms with Gasteiger partial charge in [0, 0.05) is 36.2 Å². The van der Waals surface area contributed by atoms with Gasteiger partial charge in [-0.2, -0.15) is 5.10 Å². The van der Waals surface area contributed by atoms with E-state index in [1.165, 1.54) is 6.07 Å². The van der Waals surface area contributed by atoms with Crippen molar-refractivity contribution in [1.29, 1.82) is 0 Å². The first-order chi connectivity index (χ1) is 18.3. The Labute approximate surface area is 221 Å². The Morgan fingerprint density at radius 2 is 1.53 bits per heavy atom. The van der Waals surface area contributed by atoms with Crippen LogP contribution in [0.25, 0.3) is 22.4 Å². The van der Waals surface area contributed by atoms with E-state index >= 15 is 0 Å². The van der Waals surface area contributed by atoms with Crippen LogP contribution < -0.4 is 10.0 Å². The lowest BCUT2D eigenvalue weighted by atomic mass is 9.99. The van der Waals surface area contributed by atoms with E-state index in [1.54, 1.807) is 55.6 Å². The molecule has 5 rings (SSSR count). The monoisotopic (exact) mass is 528 g/mol. The second kappa shape index (κ2) is 10.3. The molecule has 1 aliphatic carbocycles. The molecule has 1 saturated carbocycles. The molecule has 2 amide bonds. The number of carbonyl (C=O) groups excluding carboxylic acids is 2. The molecule has 4 aromatic rings. The lowest BCUT2D eigenvalue weighted by molar-refractivity contribution is 0.0959. The van der Waals surface area contributed by atoms with Gasteiger partial charge in [0.05, 0.1) is 21.8 Å². The maximum absolute atomic E-state index is 13.2. The smallest absolute Gasteiger partial charge is 0.264 e. The molecule has 8 nitrogen and oxygen atoms in total. The van der Waals surface area contributed by atoms with E-state index in [9.17, 15) is 18.0 Å². The molecule has 0 atom stereocenters. The van der Waals surface area contributed by atoms with Crippen LogP contribution in [-0.2, 0) is 16.6 Å². The van der Waals surface area contributed by atoms with Crippen molar-refractivity contribution in [2.75, 3.05) is 7.05 Å². The minimum absolute atomic E-state index is 0.00213. The second-order valence-corrected chi connectivity index (χ2v) is 10.8. The molecule has 0 bridgehead atoms. The molecule has 0 spiro atoms. The summed E-state index contributed by atoms with van der Waals surface area (Å²) < 4.78 is 30.5. The molecule has 2 N–H and O–H groups in total. The third-order valence-corrected chi connectivity index (χ3v) is 8.00. The average molecular weight is 529 g/mol. The summed E-state index contributed by atoms with van der Waals surface area (Å²) in [6.07, 6.45) is 2.05. The van der Waals surface area contributed by atoms with Gasteiger partial charge >= 0.3 is 0 Å². The topological polar surface area (TPSA) is 110 Å². The van der Waals surface area contributed by atoms with Crippen molar-refractivity contribution in [2.24, 2.45) is 0 Å². The van der Waals surface area contributed by atoms with Crippen molar-refractivity contribution in [2.45, 2.75) is 37.1 Å². The van der Waals surface area contributed by atoms with Crippen molar-refractivity contribution in [3.8, 4) is 22.4 Å². The Morgan fingerprint density at radius 3 is 2.16 bits per heavy atom. The van der Waals surface area contributed by atoms with Crippen LogP contribution in [0.4, 0.5) is 0 Å². The molecule has 1 fully saturated rings. The van der Waals surface area contributed by atoms with Gasteiger partial charge in [-0.25, -0.2) is 13.1 Å². The fraction of sp³-hybridized carbons (Fsp3) is 0.207. The number of nitrogens with one attached hydrogen (secondary N) is 2. The lowest BCUT2D eigenvalue weighted by Gasteiger charge is -2.13. The number of sulfonamides is 1. The number of hydrogen-bond donors (Lipinski definition) is 2. The highest BCUT2D eigenvalue weighted by atomic mass is 32.2. The molecule has 9 heteroatoms. The number of rotatable bonds is 8. The summed E-state index contributed by atoms with van der Waals surface area (Å²) in [4.78, 5) is 25.4. The number of nitrogens with zero attached hydrogens (tertiary/aromatic N) is 2. The Hall–Kier alpha value is -4.24. The molecule has 0 radical (unpaired) electrons. The Kier molecular flexibility index (Phi) is 6.86. The SMILES string of the molecule is CCn1nc(C2CC2)c(C(=O)NC)c1-c1ccc(-c2ccccc2S(=O)(=O)NC(=O)c2ccccc2)cc1. The molecular weight excluding hydrogens is 500 g/mol. The highest BCUT2D eigenvalue weighted by Gasteiger charge is 2.34. The summed E-state index contributed by atoms with van der Waals surface area (Å²) in [5.74, 6) is -0.565. The van der Waals surface area contributed by atoms with Crippen molar-refractivity contribution in [3.63, 3.8) is 0 Å². The molecule has 38 heavy (non-hydrogen) atoms. The van der Waals surface area contributed by atoms with Crippen molar-refractivity contribution in [3.05, 3.63) is 95.7 Å². The number of aryl methyl sites for hydroxylation is 1. The zero-order valence-corrected chi connectivity index (χ0v) is 22.0. The summed E-state index contributed by atoms with van der Waals surface area (Å²) in [5.41, 5.74) is 4.35. The van der Waals surface area contributed by atoms with E-state index in [1.807, 2.05) is 35.9 Å². The number of amides is 2. The van der Waals surface area contributed by atoms with Crippen LogP contribution in [0.15, 0.2) is 83.8 Å². The summed E-state index contributed by atoms with van der Waals surface area (Å²) in [6.45, 7) is 2.59. The summed E-state index contributed by atoms with van der Waals surface area (Å²) in [7, 11) is -2.53. The van der Waals surface area contributed by atoms with Gasteiger partial charge in [0.2, 0.25) is 0 Å². The fourth-order valence-corrected chi connectivity index (χ4v) is 5.77. The number of benzene rings is 3. The first-order valence-corrected chi connectivity index (χ1v) is 14.0. The van der Waals surface area contributed by atoms with Gasteiger partial charge in [0.15, 0.2) is 0 Å². The zero-order chi connectivity index (χ0) is 26.9. The normalized spacial score (nSPS) is 13.2. The third kappa shape index (κ3) is 4.84. The van der Waals surface area contributed by atoms with Crippen LogP contribution >= 0.6 is 0 Å². The van der Waals surface area contributed by atoms with E-state index < -0.39 is 15.9 Å². The summed E-state index contributed by atoms with van der Waals surface area (Å²) in [5, 5.41) is 7.50. The minimum atomic E-state index is -4.15. The first kappa shape index (κ1) is 25.4. The predicted molar refractivity (Wildman–Crippen MR) is 145 cm³/mol. The van der Waals surface area contributed by atoms with E-state index in [4.69, 9.17) is 5.10 Å². The van der Waals surface area contributed by atoms with Gasteiger partial charge in [-0.05, 0) is 43.5 Å². The molecular formula is C29H28N4O4S. The summed E-state index contributed by atoms with van der Waals surface area (Å²) in [6, 6.07) is 22.1. The van der Waals surface area contributed by atoms with Crippen LogP contribution in [0.1, 0.15) is 52.1 Å². The molecule has 3 aromatic carbocycles. The molecule has 1 aliphatic rings. The highest BCUT2D eigenvalue weighted by Crippen LogP contribution is 2.43. The van der Waals surface area contributed by atoms with E-state index in [0.29, 0.717) is 29.2 Å². The standard InChI is InChI=1S/C29H28N4O4S/c1-3-33-27(25(29(35)30-2)26(31-33)20-15-16-20)21-17-13-19(14-18-21)23-11-7-8-12-24(23)38(36,37)32-28(34)22-9-5-4-6-10-22/h4-14,17-18,20H,3,15-16H2,1-2H3,(H,30,35)(H,32,34). The molecule has 1 aromatic heterocycles. The lowest BCUT2D eigenvalue weighted by Crippen LogP contribution is -2.30. The molecule has 0 aliphatic heterocycles. The number of carbonyl (C=O) groups is 2. The number of hydrogen-bond acceptors (Lipinski definition) is 5. The van der Waals surface area contributed by atoms with Crippen molar-refractivity contribution in [1.82, 2.24) is 19.8 Å². The first-order valence-electron chi connectivity index (χ1n) is 12.5. The van der Waals surface area contributed by atoms with E-state index in [2.05, 4.69) is 10.0 Å². The quantitative estimate of drug-likeness (QED) is 0.348. The zero-order valence-electron chi connectivity index (χ0n) is 21.1. The Morgan fingerprint density at radius 1 is 0.895 bits per heavy atom. The van der Waals surface area contributed by atoms with Gasteiger partial charge in [0.1, 0.15) is 0 Å². The average Bonchev–Trinajstić information content (AvgIpc) is 3.72. The summed E-state index contributed by atoms with van der Waals surface area (Å²) >= 11 is 0. The molecule has 194 valence electrons. The van der Waals surface area contributed by atoms with Crippen LogP contribution in [0.3, 0.4) is 0 Å². The number of aromatic nitrogens is 2. The van der Waals surface area contributed by atoms with Crippen LogP contribution in [0.5, 0.6) is 0 Å². The Bertz CT molecular complexity index is 1610. The molecule has 0 saturated heterocycles. The minimum Gasteiger partial charge on any atom is -0.355 e. The van der Waals surface area contributed by atoms with Gasteiger partial charge in [-0.15, -0.1) is 0 Å². The second-order valence-electron chi connectivity index (χ2n) is 9.15. The Balaban J connectivity index is 1.51. The highest BCUT2D eigenvalue weighted by molar-refractivity contribution is 7.90.